The van der Waals surface area contributed by atoms with Gasteiger partial charge in [-0.05, 0) is 61.3 Å². The third-order valence-corrected chi connectivity index (χ3v) is 5.50. The molecule has 112 valence electrons. The molecule has 0 aliphatic heterocycles. The molecule has 1 saturated carbocycles. The van der Waals surface area contributed by atoms with Crippen molar-refractivity contribution < 1.29 is 0 Å². The predicted octanol–water partition coefficient (Wildman–Crippen LogP) is 5.37. The number of halogens is 1. The Balaban J connectivity index is 2.19. The van der Waals surface area contributed by atoms with Crippen LogP contribution in [-0.4, -0.2) is 6.54 Å². The lowest BCUT2D eigenvalue weighted by Gasteiger charge is -2.37. The van der Waals surface area contributed by atoms with Crippen molar-refractivity contribution in [2.75, 3.05) is 6.54 Å². The van der Waals surface area contributed by atoms with Gasteiger partial charge in [0.2, 0.25) is 0 Å². The van der Waals surface area contributed by atoms with Crippen molar-refractivity contribution in [1.82, 2.24) is 5.32 Å². The molecule has 0 heterocycles. The summed E-state index contributed by atoms with van der Waals surface area (Å²) in [5.74, 6) is 2.44. The monoisotopic (exact) mass is 293 g/mol. The molecular formula is C18H28ClN. The van der Waals surface area contributed by atoms with Gasteiger partial charge in [0, 0.05) is 11.1 Å². The standard InChI is InChI=1S/C18H28ClN/c1-5-20-18(15-8-6-12(2)14(4)10-15)16-9-7-13(3)17(19)11-16/h7,9,11-12,14-15,18,20H,5-6,8,10H2,1-4H3. The summed E-state index contributed by atoms with van der Waals surface area (Å²) in [5, 5.41) is 4.58. The van der Waals surface area contributed by atoms with E-state index >= 15 is 0 Å². The highest BCUT2D eigenvalue weighted by molar-refractivity contribution is 6.31. The van der Waals surface area contributed by atoms with E-state index in [4.69, 9.17) is 11.6 Å². The first-order valence-corrected chi connectivity index (χ1v) is 8.40. The molecular weight excluding hydrogens is 266 g/mol. The normalized spacial score (nSPS) is 28.4. The Labute approximate surface area is 129 Å². The second kappa shape index (κ2) is 6.95. The predicted molar refractivity (Wildman–Crippen MR) is 88.3 cm³/mol. The minimum Gasteiger partial charge on any atom is -0.310 e. The van der Waals surface area contributed by atoms with Crippen LogP contribution in [0, 0.1) is 24.7 Å². The Hall–Kier alpha value is -0.530. The molecule has 1 aromatic carbocycles. The van der Waals surface area contributed by atoms with Crippen LogP contribution >= 0.6 is 11.6 Å². The van der Waals surface area contributed by atoms with Gasteiger partial charge in [-0.25, -0.2) is 0 Å². The summed E-state index contributed by atoms with van der Waals surface area (Å²) >= 11 is 6.32. The maximum absolute atomic E-state index is 6.32. The Morgan fingerprint density at radius 3 is 2.60 bits per heavy atom. The summed E-state index contributed by atoms with van der Waals surface area (Å²) in [6, 6.07) is 7.01. The molecule has 1 fully saturated rings. The SMILES string of the molecule is CCNC(c1ccc(C)c(Cl)c1)C1CCC(C)C(C)C1. The van der Waals surface area contributed by atoms with Crippen molar-refractivity contribution in [2.24, 2.45) is 17.8 Å². The van der Waals surface area contributed by atoms with Gasteiger partial charge < -0.3 is 5.32 Å². The van der Waals surface area contributed by atoms with Gasteiger partial charge in [0.05, 0.1) is 0 Å². The third-order valence-electron chi connectivity index (χ3n) is 5.09. The van der Waals surface area contributed by atoms with Gasteiger partial charge >= 0.3 is 0 Å². The largest absolute Gasteiger partial charge is 0.310 e. The van der Waals surface area contributed by atoms with E-state index in [-0.39, 0.29) is 0 Å². The van der Waals surface area contributed by atoms with Gasteiger partial charge in [-0.1, -0.05) is 50.9 Å². The summed E-state index contributed by atoms with van der Waals surface area (Å²) in [5.41, 5.74) is 2.52. The van der Waals surface area contributed by atoms with Crippen LogP contribution in [0.25, 0.3) is 0 Å². The van der Waals surface area contributed by atoms with E-state index in [9.17, 15) is 0 Å². The average molecular weight is 294 g/mol. The minimum absolute atomic E-state index is 0.452. The second-order valence-corrected chi connectivity index (χ2v) is 6.98. The van der Waals surface area contributed by atoms with Crippen molar-refractivity contribution in [1.29, 1.82) is 0 Å². The summed E-state index contributed by atoms with van der Waals surface area (Å²) in [4.78, 5) is 0. The fraction of sp³-hybridized carbons (Fsp3) is 0.667. The fourth-order valence-electron chi connectivity index (χ4n) is 3.47. The number of rotatable bonds is 4. The Morgan fingerprint density at radius 2 is 2.00 bits per heavy atom. The molecule has 20 heavy (non-hydrogen) atoms. The van der Waals surface area contributed by atoms with E-state index in [0.29, 0.717) is 6.04 Å². The number of hydrogen-bond acceptors (Lipinski definition) is 1. The lowest BCUT2D eigenvalue weighted by molar-refractivity contribution is 0.172. The van der Waals surface area contributed by atoms with E-state index in [0.717, 1.165) is 34.9 Å². The van der Waals surface area contributed by atoms with Crippen LogP contribution in [0.15, 0.2) is 18.2 Å². The van der Waals surface area contributed by atoms with Gasteiger partial charge in [0.1, 0.15) is 0 Å². The van der Waals surface area contributed by atoms with Crippen molar-refractivity contribution in [3.8, 4) is 0 Å². The zero-order chi connectivity index (χ0) is 14.7. The quantitative estimate of drug-likeness (QED) is 0.787. The molecule has 0 bridgehead atoms. The van der Waals surface area contributed by atoms with Crippen LogP contribution in [0.3, 0.4) is 0 Å². The summed E-state index contributed by atoms with van der Waals surface area (Å²) < 4.78 is 0. The van der Waals surface area contributed by atoms with Crippen molar-refractivity contribution >= 4 is 11.6 Å². The third kappa shape index (κ3) is 3.56. The molecule has 0 aromatic heterocycles. The Kier molecular flexibility index (Phi) is 5.51. The minimum atomic E-state index is 0.452. The molecule has 2 heteroatoms. The molecule has 1 aliphatic carbocycles. The van der Waals surface area contributed by atoms with Crippen LogP contribution < -0.4 is 5.32 Å². The van der Waals surface area contributed by atoms with E-state index in [1.165, 1.54) is 24.8 Å². The van der Waals surface area contributed by atoms with Crippen molar-refractivity contribution in [3.05, 3.63) is 34.3 Å². The molecule has 0 saturated heterocycles. The zero-order valence-corrected chi connectivity index (χ0v) is 14.0. The first-order chi connectivity index (χ1) is 9.52. The maximum atomic E-state index is 6.32. The van der Waals surface area contributed by atoms with Gasteiger partial charge in [-0.15, -0.1) is 0 Å². The average Bonchev–Trinajstić information content (AvgIpc) is 2.43. The highest BCUT2D eigenvalue weighted by atomic mass is 35.5. The molecule has 1 aromatic rings. The summed E-state index contributed by atoms with van der Waals surface area (Å²) in [6.07, 6.45) is 4.01. The summed E-state index contributed by atoms with van der Waals surface area (Å²) in [6.45, 7) is 10.1. The fourth-order valence-corrected chi connectivity index (χ4v) is 3.66. The molecule has 1 nitrogen and oxygen atoms in total. The number of nitrogens with one attached hydrogen (secondary N) is 1. The molecule has 4 unspecified atom stereocenters. The first-order valence-electron chi connectivity index (χ1n) is 8.02. The van der Waals surface area contributed by atoms with Crippen LogP contribution in [0.2, 0.25) is 5.02 Å². The topological polar surface area (TPSA) is 12.0 Å². The molecule has 0 radical (unpaired) electrons. The molecule has 2 rings (SSSR count). The van der Waals surface area contributed by atoms with E-state index < -0.39 is 0 Å². The molecule has 0 amide bonds. The van der Waals surface area contributed by atoms with E-state index in [1.807, 2.05) is 0 Å². The zero-order valence-electron chi connectivity index (χ0n) is 13.2. The molecule has 1 aliphatic rings. The van der Waals surface area contributed by atoms with Crippen molar-refractivity contribution in [2.45, 2.75) is 53.0 Å². The van der Waals surface area contributed by atoms with Gasteiger partial charge in [0.25, 0.3) is 0 Å². The smallest absolute Gasteiger partial charge is 0.0438 e. The second-order valence-electron chi connectivity index (χ2n) is 6.57. The lowest BCUT2D eigenvalue weighted by atomic mass is 9.72. The highest BCUT2D eigenvalue weighted by Gasteiger charge is 2.30. The van der Waals surface area contributed by atoms with E-state index in [1.54, 1.807) is 0 Å². The van der Waals surface area contributed by atoms with Crippen LogP contribution in [0.5, 0.6) is 0 Å². The van der Waals surface area contributed by atoms with Crippen LogP contribution in [0.4, 0.5) is 0 Å². The first kappa shape index (κ1) is 15.9. The molecule has 0 spiro atoms. The van der Waals surface area contributed by atoms with Gasteiger partial charge in [-0.3, -0.25) is 0 Å². The van der Waals surface area contributed by atoms with Crippen molar-refractivity contribution in [3.63, 3.8) is 0 Å². The van der Waals surface area contributed by atoms with Crippen LogP contribution in [0.1, 0.15) is 57.2 Å². The maximum Gasteiger partial charge on any atom is 0.0438 e. The Morgan fingerprint density at radius 1 is 1.25 bits per heavy atom. The molecule has 4 atom stereocenters. The lowest BCUT2D eigenvalue weighted by Crippen LogP contribution is -2.33. The van der Waals surface area contributed by atoms with E-state index in [2.05, 4.69) is 51.2 Å². The number of benzene rings is 1. The number of hydrogen-bond donors (Lipinski definition) is 1. The Bertz CT molecular complexity index is 443. The van der Waals surface area contributed by atoms with Crippen LogP contribution in [-0.2, 0) is 0 Å². The van der Waals surface area contributed by atoms with Gasteiger partial charge in [0.15, 0.2) is 0 Å². The number of aryl methyl sites for hydroxylation is 1. The summed E-state index contributed by atoms with van der Waals surface area (Å²) in [7, 11) is 0. The molecule has 1 N–H and O–H groups in total. The highest BCUT2D eigenvalue weighted by Crippen LogP contribution is 2.40. The van der Waals surface area contributed by atoms with Gasteiger partial charge in [-0.2, -0.15) is 0 Å².